The van der Waals surface area contributed by atoms with Gasteiger partial charge in [0, 0.05) is 11.2 Å². The summed E-state index contributed by atoms with van der Waals surface area (Å²) in [5, 5.41) is 0.471. The molecule has 1 heterocycles. The maximum Gasteiger partial charge on any atom is 0.337 e. The molecule has 7 heteroatoms. The van der Waals surface area contributed by atoms with E-state index in [1.54, 1.807) is 36.4 Å². The van der Waals surface area contributed by atoms with Gasteiger partial charge in [0.05, 0.1) is 28.3 Å². The van der Waals surface area contributed by atoms with Gasteiger partial charge in [-0.05, 0) is 23.8 Å². The molecular formula is C17H13NO5S. The zero-order valence-electron chi connectivity index (χ0n) is 12.7. The molecule has 122 valence electrons. The maximum absolute atomic E-state index is 12.1. The number of carbonyl (C=O) groups is 3. The quantitative estimate of drug-likeness (QED) is 0.790. The Labute approximate surface area is 140 Å². The normalized spacial score (nSPS) is 14.5. The molecule has 24 heavy (non-hydrogen) atoms. The standard InChI is InChI=1S/C17H13NO5S/c1-24(22)14-9-5-2-6-11(14)10-15(19)23-18-16(20)12-7-3-4-8-13(12)17(18)21/h2-9H,10H2,1H3. The van der Waals surface area contributed by atoms with Crippen LogP contribution in [0.4, 0.5) is 0 Å². The lowest BCUT2D eigenvalue weighted by molar-refractivity contribution is -0.167. The minimum atomic E-state index is -1.26. The van der Waals surface area contributed by atoms with E-state index >= 15 is 0 Å². The minimum absolute atomic E-state index is 0.191. The van der Waals surface area contributed by atoms with Crippen LogP contribution in [0.2, 0.25) is 0 Å². The largest absolute Gasteiger partial charge is 0.337 e. The van der Waals surface area contributed by atoms with E-state index < -0.39 is 28.6 Å². The lowest BCUT2D eigenvalue weighted by atomic mass is 10.1. The number of nitrogens with zero attached hydrogens (tertiary/aromatic N) is 1. The summed E-state index contributed by atoms with van der Waals surface area (Å²) in [6.45, 7) is 0. The van der Waals surface area contributed by atoms with Gasteiger partial charge < -0.3 is 4.84 Å². The summed E-state index contributed by atoms with van der Waals surface area (Å²) in [4.78, 5) is 41.9. The molecular weight excluding hydrogens is 330 g/mol. The smallest absolute Gasteiger partial charge is 0.329 e. The van der Waals surface area contributed by atoms with Crippen molar-refractivity contribution in [1.82, 2.24) is 5.06 Å². The van der Waals surface area contributed by atoms with Crippen molar-refractivity contribution in [2.45, 2.75) is 11.3 Å². The molecule has 6 nitrogen and oxygen atoms in total. The van der Waals surface area contributed by atoms with E-state index in [1.165, 1.54) is 18.4 Å². The van der Waals surface area contributed by atoms with E-state index in [-0.39, 0.29) is 17.5 Å². The van der Waals surface area contributed by atoms with Crippen LogP contribution in [0.15, 0.2) is 53.4 Å². The molecule has 0 fully saturated rings. The highest BCUT2D eigenvalue weighted by Crippen LogP contribution is 2.23. The molecule has 0 N–H and O–H groups in total. The predicted molar refractivity (Wildman–Crippen MR) is 85.5 cm³/mol. The topological polar surface area (TPSA) is 80.8 Å². The highest BCUT2D eigenvalue weighted by Gasteiger charge is 2.38. The number of fused-ring (bicyclic) bond motifs is 1. The molecule has 0 aliphatic carbocycles. The molecule has 0 bridgehead atoms. The summed E-state index contributed by atoms with van der Waals surface area (Å²) >= 11 is 0. The molecule has 0 saturated carbocycles. The molecule has 2 aromatic rings. The molecule has 0 radical (unpaired) electrons. The Morgan fingerprint density at radius 3 is 2.12 bits per heavy atom. The monoisotopic (exact) mass is 343 g/mol. The average Bonchev–Trinajstić information content (AvgIpc) is 2.80. The predicted octanol–water partition coefficient (Wildman–Crippen LogP) is 1.72. The third kappa shape index (κ3) is 2.85. The Bertz CT molecular complexity index is 842. The van der Waals surface area contributed by atoms with Gasteiger partial charge in [0.25, 0.3) is 11.8 Å². The molecule has 1 aliphatic rings. The van der Waals surface area contributed by atoms with Crippen LogP contribution in [0.1, 0.15) is 26.3 Å². The SMILES string of the molecule is CS(=O)c1ccccc1CC(=O)ON1C(=O)c2ccccc2C1=O. The van der Waals surface area contributed by atoms with Crippen LogP contribution in [0, 0.1) is 0 Å². The van der Waals surface area contributed by atoms with Crippen LogP contribution in [0.5, 0.6) is 0 Å². The van der Waals surface area contributed by atoms with Gasteiger partial charge in [-0.3, -0.25) is 13.8 Å². The van der Waals surface area contributed by atoms with Gasteiger partial charge in [0.15, 0.2) is 0 Å². The molecule has 1 atom stereocenters. The van der Waals surface area contributed by atoms with Gasteiger partial charge in [0.2, 0.25) is 0 Å². The Kier molecular flexibility index (Phi) is 4.26. The van der Waals surface area contributed by atoms with Gasteiger partial charge in [-0.25, -0.2) is 4.79 Å². The first kappa shape index (κ1) is 16.1. The highest BCUT2D eigenvalue weighted by atomic mass is 32.2. The fourth-order valence-electron chi connectivity index (χ4n) is 2.47. The number of amides is 2. The van der Waals surface area contributed by atoms with Crippen molar-refractivity contribution in [3.8, 4) is 0 Å². The molecule has 0 saturated heterocycles. The minimum Gasteiger partial charge on any atom is -0.329 e. The van der Waals surface area contributed by atoms with Gasteiger partial charge in [-0.1, -0.05) is 35.4 Å². The van der Waals surface area contributed by atoms with E-state index in [0.717, 1.165) is 0 Å². The van der Waals surface area contributed by atoms with Crippen LogP contribution >= 0.6 is 0 Å². The molecule has 0 spiro atoms. The van der Waals surface area contributed by atoms with Gasteiger partial charge in [-0.15, -0.1) is 0 Å². The van der Waals surface area contributed by atoms with Gasteiger partial charge >= 0.3 is 5.97 Å². The number of carbonyl (C=O) groups excluding carboxylic acids is 3. The van der Waals surface area contributed by atoms with Gasteiger partial charge in [-0.2, -0.15) is 0 Å². The van der Waals surface area contributed by atoms with Crippen molar-refractivity contribution in [2.75, 3.05) is 6.26 Å². The second-order valence-electron chi connectivity index (χ2n) is 5.15. The van der Waals surface area contributed by atoms with Crippen molar-refractivity contribution >= 4 is 28.6 Å². The average molecular weight is 343 g/mol. The van der Waals surface area contributed by atoms with Crippen molar-refractivity contribution in [3.05, 3.63) is 65.2 Å². The zero-order chi connectivity index (χ0) is 17.3. The number of hydrogen-bond acceptors (Lipinski definition) is 5. The molecule has 2 aromatic carbocycles. The lowest BCUT2D eigenvalue weighted by Crippen LogP contribution is -2.33. The Hall–Kier alpha value is -2.80. The van der Waals surface area contributed by atoms with Crippen LogP contribution in [-0.4, -0.2) is 33.3 Å². The summed E-state index contributed by atoms with van der Waals surface area (Å²) in [6, 6.07) is 13.0. The Balaban J connectivity index is 1.77. The second kappa shape index (κ2) is 6.37. The van der Waals surface area contributed by atoms with Crippen molar-refractivity contribution in [3.63, 3.8) is 0 Å². The van der Waals surface area contributed by atoms with Crippen molar-refractivity contribution in [1.29, 1.82) is 0 Å². The molecule has 3 rings (SSSR count). The van der Waals surface area contributed by atoms with E-state index in [9.17, 15) is 18.6 Å². The van der Waals surface area contributed by atoms with Gasteiger partial charge in [0.1, 0.15) is 0 Å². The van der Waals surface area contributed by atoms with E-state index in [4.69, 9.17) is 4.84 Å². The van der Waals surface area contributed by atoms with Crippen LogP contribution in [0.3, 0.4) is 0 Å². The van der Waals surface area contributed by atoms with Crippen LogP contribution in [0.25, 0.3) is 0 Å². The summed E-state index contributed by atoms with van der Waals surface area (Å²) in [5.41, 5.74) is 0.927. The number of hydroxylamine groups is 2. The first-order chi connectivity index (χ1) is 11.5. The van der Waals surface area contributed by atoms with Crippen LogP contribution < -0.4 is 0 Å². The summed E-state index contributed by atoms with van der Waals surface area (Å²) < 4.78 is 11.7. The molecule has 0 aromatic heterocycles. The third-order valence-corrected chi connectivity index (χ3v) is 4.58. The van der Waals surface area contributed by atoms with Crippen LogP contribution in [-0.2, 0) is 26.9 Å². The molecule has 1 aliphatic heterocycles. The fraction of sp³-hybridized carbons (Fsp3) is 0.118. The number of hydrogen-bond donors (Lipinski definition) is 0. The third-order valence-electron chi connectivity index (χ3n) is 3.57. The van der Waals surface area contributed by atoms with Crippen molar-refractivity contribution < 1.29 is 23.4 Å². The zero-order valence-corrected chi connectivity index (χ0v) is 13.5. The first-order valence-electron chi connectivity index (χ1n) is 7.09. The second-order valence-corrected chi connectivity index (χ2v) is 6.50. The summed E-state index contributed by atoms with van der Waals surface area (Å²) in [6.07, 6.45) is 1.32. The van der Waals surface area contributed by atoms with E-state index in [0.29, 0.717) is 15.5 Å². The summed E-state index contributed by atoms with van der Waals surface area (Å²) in [7, 11) is -1.26. The fourth-order valence-corrected chi connectivity index (χ4v) is 3.25. The van der Waals surface area contributed by atoms with E-state index in [1.807, 2.05) is 0 Å². The number of rotatable bonds is 4. The molecule has 1 unspecified atom stereocenters. The molecule has 2 amide bonds. The number of benzene rings is 2. The highest BCUT2D eigenvalue weighted by molar-refractivity contribution is 7.84. The summed E-state index contributed by atoms with van der Waals surface area (Å²) in [5.74, 6) is -2.12. The lowest BCUT2D eigenvalue weighted by Gasteiger charge is -2.13. The first-order valence-corrected chi connectivity index (χ1v) is 8.65. The van der Waals surface area contributed by atoms with E-state index in [2.05, 4.69) is 0 Å². The Morgan fingerprint density at radius 1 is 1.00 bits per heavy atom. The number of imide groups is 1. The maximum atomic E-state index is 12.1. The van der Waals surface area contributed by atoms with Crippen molar-refractivity contribution in [2.24, 2.45) is 0 Å². The Morgan fingerprint density at radius 2 is 1.54 bits per heavy atom.